The van der Waals surface area contributed by atoms with E-state index < -0.39 is 0 Å². The van der Waals surface area contributed by atoms with Crippen LogP contribution in [-0.4, -0.2) is 22.2 Å². The molecule has 0 saturated heterocycles. The summed E-state index contributed by atoms with van der Waals surface area (Å²) in [5, 5.41) is 13.0. The maximum absolute atomic E-state index is 4.74. The third kappa shape index (κ3) is 2.72. The van der Waals surface area contributed by atoms with Crippen molar-refractivity contribution < 1.29 is 0 Å². The lowest BCUT2D eigenvalue weighted by molar-refractivity contribution is 1.08. The first-order valence-corrected chi connectivity index (χ1v) is 7.97. The van der Waals surface area contributed by atoms with Gasteiger partial charge in [-0.1, -0.05) is 23.5 Å². The van der Waals surface area contributed by atoms with E-state index in [1.54, 1.807) is 0 Å². The summed E-state index contributed by atoms with van der Waals surface area (Å²) in [4.78, 5) is 4.74. The third-order valence-electron chi connectivity index (χ3n) is 3.76. The number of benzene rings is 1. The molecule has 0 aliphatic carbocycles. The molecule has 22 heavy (non-hydrogen) atoms. The Balaban J connectivity index is 1.99. The number of hydrogen-bond donors (Lipinski definition) is 1. The zero-order valence-electron chi connectivity index (χ0n) is 13.1. The third-order valence-corrected chi connectivity index (χ3v) is 4.73. The monoisotopic (exact) mass is 310 g/mol. The summed E-state index contributed by atoms with van der Waals surface area (Å²) < 4.78 is 0. The number of anilines is 1. The van der Waals surface area contributed by atoms with Crippen molar-refractivity contribution in [3.63, 3.8) is 0 Å². The first-order chi connectivity index (χ1) is 10.6. The van der Waals surface area contributed by atoms with Gasteiger partial charge in [0.2, 0.25) is 5.13 Å². The molecule has 0 radical (unpaired) electrons. The fourth-order valence-corrected chi connectivity index (χ4v) is 3.06. The van der Waals surface area contributed by atoms with Gasteiger partial charge in [-0.3, -0.25) is 4.98 Å². The van der Waals surface area contributed by atoms with Gasteiger partial charge in [-0.05, 0) is 50.1 Å². The predicted molar refractivity (Wildman–Crippen MR) is 92.3 cm³/mol. The Hall–Kier alpha value is -2.27. The Kier molecular flexibility index (Phi) is 3.90. The minimum atomic E-state index is 0.813. The molecule has 2 heterocycles. The maximum atomic E-state index is 4.74. The second-order valence-electron chi connectivity index (χ2n) is 5.29. The molecule has 5 heteroatoms. The highest BCUT2D eigenvalue weighted by atomic mass is 32.1. The summed E-state index contributed by atoms with van der Waals surface area (Å²) in [5.74, 6) is 0. The molecule has 3 rings (SSSR count). The van der Waals surface area contributed by atoms with Crippen LogP contribution in [0.4, 0.5) is 5.13 Å². The Morgan fingerprint density at radius 3 is 2.41 bits per heavy atom. The van der Waals surface area contributed by atoms with Crippen molar-refractivity contribution in [3.8, 4) is 21.8 Å². The number of pyridine rings is 1. The van der Waals surface area contributed by atoms with Crippen LogP contribution in [0.15, 0.2) is 30.3 Å². The van der Waals surface area contributed by atoms with Gasteiger partial charge in [0.25, 0.3) is 0 Å². The van der Waals surface area contributed by atoms with Crippen LogP contribution in [0.25, 0.3) is 21.8 Å². The van der Waals surface area contributed by atoms with E-state index in [0.717, 1.165) is 32.7 Å². The van der Waals surface area contributed by atoms with Crippen molar-refractivity contribution in [3.05, 3.63) is 47.2 Å². The lowest BCUT2D eigenvalue weighted by Gasteiger charge is -2.07. The highest BCUT2D eigenvalue weighted by Gasteiger charge is 2.11. The van der Waals surface area contributed by atoms with Crippen LogP contribution < -0.4 is 5.32 Å². The molecule has 4 nitrogen and oxygen atoms in total. The summed E-state index contributed by atoms with van der Waals surface area (Å²) >= 11 is 1.53. The Morgan fingerprint density at radius 2 is 1.77 bits per heavy atom. The molecule has 0 bridgehead atoms. The lowest BCUT2D eigenvalue weighted by Crippen LogP contribution is -1.92. The molecule has 0 aliphatic heterocycles. The van der Waals surface area contributed by atoms with Crippen LogP contribution in [0.2, 0.25) is 0 Å². The second kappa shape index (κ2) is 5.85. The number of nitrogens with one attached hydrogen (secondary N) is 1. The van der Waals surface area contributed by atoms with E-state index in [-0.39, 0.29) is 0 Å². The Morgan fingerprint density at radius 1 is 0.955 bits per heavy atom. The molecule has 0 spiro atoms. The molecule has 0 unspecified atom stereocenters. The van der Waals surface area contributed by atoms with Gasteiger partial charge in [-0.2, -0.15) is 0 Å². The van der Waals surface area contributed by atoms with E-state index in [0.29, 0.717) is 0 Å². The van der Waals surface area contributed by atoms with Crippen LogP contribution in [0.3, 0.4) is 0 Å². The number of hydrogen-bond acceptors (Lipinski definition) is 5. The summed E-state index contributed by atoms with van der Waals surface area (Å²) in [5.41, 5.74) is 6.71. The fraction of sp³-hybridized carbons (Fsp3) is 0.235. The molecule has 0 atom stereocenters. The molecule has 0 amide bonds. The molecule has 0 fully saturated rings. The topological polar surface area (TPSA) is 50.7 Å². The van der Waals surface area contributed by atoms with E-state index in [2.05, 4.69) is 53.6 Å². The molecule has 0 aliphatic rings. The molecule has 1 N–H and O–H groups in total. The minimum Gasteiger partial charge on any atom is -0.363 e. The van der Waals surface area contributed by atoms with E-state index in [1.807, 2.05) is 20.0 Å². The van der Waals surface area contributed by atoms with Crippen molar-refractivity contribution in [2.75, 3.05) is 12.4 Å². The molecule has 2 aromatic heterocycles. The summed E-state index contributed by atoms with van der Waals surface area (Å²) in [6, 6.07) is 10.6. The Bertz CT molecular complexity index is 823. The summed E-state index contributed by atoms with van der Waals surface area (Å²) in [6.45, 7) is 6.26. The first-order valence-electron chi connectivity index (χ1n) is 7.15. The highest BCUT2D eigenvalue weighted by Crippen LogP contribution is 2.30. The molecule has 1 aromatic carbocycles. The zero-order chi connectivity index (χ0) is 15.7. The average molecular weight is 310 g/mol. The van der Waals surface area contributed by atoms with Gasteiger partial charge < -0.3 is 5.32 Å². The van der Waals surface area contributed by atoms with Gasteiger partial charge in [0, 0.05) is 23.9 Å². The van der Waals surface area contributed by atoms with Crippen molar-refractivity contribution >= 4 is 16.5 Å². The summed E-state index contributed by atoms with van der Waals surface area (Å²) in [7, 11) is 1.85. The van der Waals surface area contributed by atoms with E-state index in [1.165, 1.54) is 22.5 Å². The van der Waals surface area contributed by atoms with E-state index in [9.17, 15) is 0 Å². The van der Waals surface area contributed by atoms with Gasteiger partial charge in [-0.15, -0.1) is 10.2 Å². The molecule has 0 saturated carbocycles. The number of aromatic nitrogens is 3. The quantitative estimate of drug-likeness (QED) is 0.786. The normalized spacial score (nSPS) is 10.7. The maximum Gasteiger partial charge on any atom is 0.205 e. The summed E-state index contributed by atoms with van der Waals surface area (Å²) in [6.07, 6.45) is 0. The highest BCUT2D eigenvalue weighted by molar-refractivity contribution is 7.18. The van der Waals surface area contributed by atoms with Gasteiger partial charge >= 0.3 is 0 Å². The SMILES string of the molecule is CNc1nnc(-c2ccc(-c3ccc(C)c(C)c3)nc2C)s1. The number of nitrogens with zero attached hydrogens (tertiary/aromatic N) is 3. The van der Waals surface area contributed by atoms with Gasteiger partial charge in [0.05, 0.1) is 5.69 Å². The van der Waals surface area contributed by atoms with Crippen molar-refractivity contribution in [2.45, 2.75) is 20.8 Å². The largest absolute Gasteiger partial charge is 0.363 e. The predicted octanol–water partition coefficient (Wildman–Crippen LogP) is 4.23. The fourth-order valence-electron chi connectivity index (χ4n) is 2.28. The average Bonchev–Trinajstić information content (AvgIpc) is 2.98. The van der Waals surface area contributed by atoms with E-state index in [4.69, 9.17) is 4.98 Å². The first kappa shape index (κ1) is 14.7. The van der Waals surface area contributed by atoms with Crippen LogP contribution in [0.5, 0.6) is 0 Å². The Labute approximate surface area is 134 Å². The standard InChI is InChI=1S/C17H18N4S/c1-10-5-6-13(9-11(10)2)15-8-7-14(12(3)19-15)16-20-21-17(18-4)22-16/h5-9H,1-4H3,(H,18,21). The molecule has 112 valence electrons. The van der Waals surface area contributed by atoms with Crippen LogP contribution in [0.1, 0.15) is 16.8 Å². The van der Waals surface area contributed by atoms with Crippen molar-refractivity contribution in [1.29, 1.82) is 0 Å². The van der Waals surface area contributed by atoms with Gasteiger partial charge in [-0.25, -0.2) is 0 Å². The molecule has 3 aromatic rings. The molecular formula is C17H18N4S. The second-order valence-corrected chi connectivity index (χ2v) is 6.27. The van der Waals surface area contributed by atoms with Crippen molar-refractivity contribution in [2.24, 2.45) is 0 Å². The molecular weight excluding hydrogens is 292 g/mol. The smallest absolute Gasteiger partial charge is 0.205 e. The number of aryl methyl sites for hydroxylation is 3. The van der Waals surface area contributed by atoms with Gasteiger partial charge in [0.1, 0.15) is 0 Å². The van der Waals surface area contributed by atoms with Crippen LogP contribution in [-0.2, 0) is 0 Å². The van der Waals surface area contributed by atoms with Crippen LogP contribution in [0, 0.1) is 20.8 Å². The zero-order valence-corrected chi connectivity index (χ0v) is 14.0. The van der Waals surface area contributed by atoms with E-state index >= 15 is 0 Å². The van der Waals surface area contributed by atoms with Crippen LogP contribution >= 0.6 is 11.3 Å². The van der Waals surface area contributed by atoms with Crippen molar-refractivity contribution in [1.82, 2.24) is 15.2 Å². The minimum absolute atomic E-state index is 0.813. The lowest BCUT2D eigenvalue weighted by atomic mass is 10.0. The van der Waals surface area contributed by atoms with Gasteiger partial charge in [0.15, 0.2) is 5.01 Å². The number of rotatable bonds is 3.